The van der Waals surface area contributed by atoms with Crippen molar-refractivity contribution in [2.45, 2.75) is 39.2 Å². The van der Waals surface area contributed by atoms with Crippen LogP contribution in [0.1, 0.15) is 33.1 Å². The minimum absolute atomic E-state index is 0.106. The Morgan fingerprint density at radius 1 is 1.12 bits per heavy atom. The van der Waals surface area contributed by atoms with E-state index in [2.05, 4.69) is 13.8 Å². The van der Waals surface area contributed by atoms with Crippen molar-refractivity contribution in [2.75, 3.05) is 0 Å². The summed E-state index contributed by atoms with van der Waals surface area (Å²) < 4.78 is 0. The highest BCUT2D eigenvalue weighted by atomic mass is 16.2. The first kappa shape index (κ1) is 11.1. The van der Waals surface area contributed by atoms with Gasteiger partial charge < -0.3 is 0 Å². The maximum atomic E-state index is 11.5. The van der Waals surface area contributed by atoms with Crippen molar-refractivity contribution >= 4 is 17.8 Å². The molecule has 2 rings (SSSR count). The molecule has 0 bridgehead atoms. The zero-order valence-electron chi connectivity index (χ0n) is 9.53. The van der Waals surface area contributed by atoms with E-state index in [4.69, 9.17) is 0 Å². The van der Waals surface area contributed by atoms with Gasteiger partial charge in [0.2, 0.25) is 0 Å². The number of rotatable bonds is 1. The Hall–Kier alpha value is -1.39. The maximum Gasteiger partial charge on any atom is 0.331 e. The second-order valence-corrected chi connectivity index (χ2v) is 4.86. The SMILES string of the molecule is CC1CCC(N2C(=O)NC(=O)C2=O)CC1C. The molecule has 16 heavy (non-hydrogen) atoms. The fourth-order valence-corrected chi connectivity index (χ4v) is 2.50. The first-order valence-electron chi connectivity index (χ1n) is 5.69. The fraction of sp³-hybridized carbons (Fsp3) is 0.727. The summed E-state index contributed by atoms with van der Waals surface area (Å²) in [5.41, 5.74) is 0. The number of nitrogens with one attached hydrogen (secondary N) is 1. The molecule has 1 saturated carbocycles. The van der Waals surface area contributed by atoms with Crippen LogP contribution in [0.25, 0.3) is 0 Å². The van der Waals surface area contributed by atoms with Crippen molar-refractivity contribution in [1.29, 1.82) is 0 Å². The Morgan fingerprint density at radius 3 is 2.31 bits per heavy atom. The summed E-state index contributed by atoms with van der Waals surface area (Å²) in [7, 11) is 0. The molecule has 0 aromatic heterocycles. The van der Waals surface area contributed by atoms with Gasteiger partial charge in [-0.15, -0.1) is 0 Å². The summed E-state index contributed by atoms with van der Waals surface area (Å²) >= 11 is 0. The molecule has 3 unspecified atom stereocenters. The molecule has 2 aliphatic rings. The van der Waals surface area contributed by atoms with E-state index >= 15 is 0 Å². The highest BCUT2D eigenvalue weighted by Gasteiger charge is 2.43. The highest BCUT2D eigenvalue weighted by molar-refractivity contribution is 6.44. The van der Waals surface area contributed by atoms with Crippen LogP contribution in [-0.2, 0) is 9.59 Å². The monoisotopic (exact) mass is 224 g/mol. The number of hydrogen-bond acceptors (Lipinski definition) is 3. The largest absolute Gasteiger partial charge is 0.331 e. The molecule has 0 aromatic rings. The molecule has 1 N–H and O–H groups in total. The first-order chi connectivity index (χ1) is 7.50. The predicted octanol–water partition coefficient (Wildman–Crippen LogP) is 0.889. The lowest BCUT2D eigenvalue weighted by Gasteiger charge is -2.35. The molecule has 5 heteroatoms. The molecule has 0 spiro atoms. The van der Waals surface area contributed by atoms with Gasteiger partial charge in [0.05, 0.1) is 0 Å². The van der Waals surface area contributed by atoms with E-state index in [1.165, 1.54) is 0 Å². The summed E-state index contributed by atoms with van der Waals surface area (Å²) in [4.78, 5) is 35.1. The van der Waals surface area contributed by atoms with Gasteiger partial charge in [-0.3, -0.25) is 19.8 Å². The van der Waals surface area contributed by atoms with Gasteiger partial charge in [0.1, 0.15) is 0 Å². The summed E-state index contributed by atoms with van der Waals surface area (Å²) in [5.74, 6) is -0.393. The number of amides is 4. The molecule has 88 valence electrons. The highest BCUT2D eigenvalue weighted by Crippen LogP contribution is 2.32. The molecule has 0 radical (unpaired) electrons. The van der Waals surface area contributed by atoms with E-state index in [0.29, 0.717) is 11.8 Å². The minimum Gasteiger partial charge on any atom is -0.269 e. The fourth-order valence-electron chi connectivity index (χ4n) is 2.50. The number of urea groups is 1. The van der Waals surface area contributed by atoms with Crippen LogP contribution >= 0.6 is 0 Å². The number of imide groups is 2. The number of carbonyl (C=O) groups is 3. The van der Waals surface area contributed by atoms with E-state index in [9.17, 15) is 14.4 Å². The summed E-state index contributed by atoms with van der Waals surface area (Å²) in [6.07, 6.45) is 2.60. The van der Waals surface area contributed by atoms with Gasteiger partial charge in [-0.05, 0) is 31.1 Å². The lowest BCUT2D eigenvalue weighted by molar-refractivity contribution is -0.141. The molecular weight excluding hydrogens is 208 g/mol. The van der Waals surface area contributed by atoms with Crippen LogP contribution in [0.4, 0.5) is 4.79 Å². The molecule has 0 aromatic carbocycles. The molecule has 1 aliphatic heterocycles. The van der Waals surface area contributed by atoms with Crippen LogP contribution in [0.3, 0.4) is 0 Å². The van der Waals surface area contributed by atoms with E-state index < -0.39 is 17.8 Å². The Labute approximate surface area is 94.2 Å². The van der Waals surface area contributed by atoms with E-state index in [-0.39, 0.29) is 6.04 Å². The van der Waals surface area contributed by atoms with Gasteiger partial charge in [0.25, 0.3) is 0 Å². The van der Waals surface area contributed by atoms with Gasteiger partial charge in [0.15, 0.2) is 0 Å². The third-order valence-electron chi connectivity index (χ3n) is 3.79. The Kier molecular flexibility index (Phi) is 2.69. The molecule has 4 amide bonds. The number of nitrogens with zero attached hydrogens (tertiary/aromatic N) is 1. The second kappa shape index (κ2) is 3.88. The summed E-state index contributed by atoms with van der Waals surface area (Å²) in [5, 5.41) is 2.04. The topological polar surface area (TPSA) is 66.5 Å². The lowest BCUT2D eigenvalue weighted by atomic mass is 9.78. The van der Waals surface area contributed by atoms with Crippen LogP contribution in [0.15, 0.2) is 0 Å². The standard InChI is InChI=1S/C11H16N2O3/c1-6-3-4-8(5-7(6)2)13-10(15)9(14)12-11(13)16/h6-8H,3-5H2,1-2H3,(H,12,14,16). The summed E-state index contributed by atoms with van der Waals surface area (Å²) in [6, 6.07) is -0.660. The average molecular weight is 224 g/mol. The molecule has 1 heterocycles. The molecule has 5 nitrogen and oxygen atoms in total. The van der Waals surface area contributed by atoms with E-state index in [1.807, 2.05) is 5.32 Å². The maximum absolute atomic E-state index is 11.5. The van der Waals surface area contributed by atoms with Crippen LogP contribution in [0.2, 0.25) is 0 Å². The Morgan fingerprint density at radius 2 is 1.81 bits per heavy atom. The first-order valence-corrected chi connectivity index (χ1v) is 5.69. The molecular formula is C11H16N2O3. The van der Waals surface area contributed by atoms with Gasteiger partial charge in [-0.25, -0.2) is 4.79 Å². The second-order valence-electron chi connectivity index (χ2n) is 4.86. The van der Waals surface area contributed by atoms with Crippen LogP contribution in [0, 0.1) is 11.8 Å². The van der Waals surface area contributed by atoms with Crippen molar-refractivity contribution in [3.63, 3.8) is 0 Å². The Bertz CT molecular complexity index is 353. The smallest absolute Gasteiger partial charge is 0.269 e. The van der Waals surface area contributed by atoms with Crippen molar-refractivity contribution in [1.82, 2.24) is 10.2 Å². The van der Waals surface area contributed by atoms with Crippen molar-refractivity contribution in [3.8, 4) is 0 Å². The van der Waals surface area contributed by atoms with E-state index in [1.54, 1.807) is 0 Å². The minimum atomic E-state index is -0.795. The predicted molar refractivity (Wildman–Crippen MR) is 56.4 cm³/mol. The normalized spacial score (nSPS) is 35.5. The van der Waals surface area contributed by atoms with Crippen LogP contribution in [-0.4, -0.2) is 28.8 Å². The van der Waals surface area contributed by atoms with Gasteiger partial charge in [0, 0.05) is 6.04 Å². The van der Waals surface area contributed by atoms with Crippen molar-refractivity contribution in [2.24, 2.45) is 11.8 Å². The van der Waals surface area contributed by atoms with Gasteiger partial charge in [-0.2, -0.15) is 0 Å². The Balaban J connectivity index is 2.11. The molecule has 3 atom stereocenters. The molecule has 2 fully saturated rings. The molecule has 1 saturated heterocycles. The van der Waals surface area contributed by atoms with Crippen molar-refractivity contribution < 1.29 is 14.4 Å². The average Bonchev–Trinajstić information content (AvgIpc) is 2.47. The van der Waals surface area contributed by atoms with Crippen LogP contribution in [0.5, 0.6) is 0 Å². The summed E-state index contributed by atoms with van der Waals surface area (Å²) in [6.45, 7) is 4.30. The number of hydrogen-bond donors (Lipinski definition) is 1. The third kappa shape index (κ3) is 1.70. The van der Waals surface area contributed by atoms with Gasteiger partial charge in [-0.1, -0.05) is 13.8 Å². The zero-order chi connectivity index (χ0) is 11.9. The van der Waals surface area contributed by atoms with Crippen LogP contribution < -0.4 is 5.32 Å². The van der Waals surface area contributed by atoms with E-state index in [0.717, 1.165) is 24.2 Å². The van der Waals surface area contributed by atoms with Gasteiger partial charge >= 0.3 is 17.8 Å². The lowest BCUT2D eigenvalue weighted by Crippen LogP contribution is -2.44. The number of carbonyl (C=O) groups excluding carboxylic acids is 3. The molecule has 1 aliphatic carbocycles. The zero-order valence-corrected chi connectivity index (χ0v) is 9.53. The van der Waals surface area contributed by atoms with Crippen molar-refractivity contribution in [3.05, 3.63) is 0 Å². The third-order valence-corrected chi connectivity index (χ3v) is 3.79. The quantitative estimate of drug-likeness (QED) is 0.531.